The summed E-state index contributed by atoms with van der Waals surface area (Å²) >= 11 is 5.61. The SMILES string of the molecule is Nc1cc(C(=O)O)c2ncnc(NCc3ccc(Cl)c(C(F)(F)F)c3)c2c1. The lowest BCUT2D eigenvalue weighted by Gasteiger charge is -2.13. The quantitative estimate of drug-likeness (QED) is 0.571. The van der Waals surface area contributed by atoms with Crippen LogP contribution in [-0.4, -0.2) is 21.0 Å². The molecule has 0 saturated carbocycles. The summed E-state index contributed by atoms with van der Waals surface area (Å²) in [6.45, 7) is 0.00354. The Morgan fingerprint density at radius 3 is 2.63 bits per heavy atom. The summed E-state index contributed by atoms with van der Waals surface area (Å²) in [6.07, 6.45) is -3.41. The topological polar surface area (TPSA) is 101 Å². The number of alkyl halides is 3. The minimum Gasteiger partial charge on any atom is -0.478 e. The first-order chi connectivity index (χ1) is 12.7. The highest BCUT2D eigenvalue weighted by atomic mass is 35.5. The van der Waals surface area contributed by atoms with Crippen molar-refractivity contribution in [1.82, 2.24) is 9.97 Å². The third kappa shape index (κ3) is 3.87. The minimum absolute atomic E-state index is 0.00354. The van der Waals surface area contributed by atoms with Crippen molar-refractivity contribution < 1.29 is 23.1 Å². The van der Waals surface area contributed by atoms with Gasteiger partial charge < -0.3 is 16.2 Å². The van der Waals surface area contributed by atoms with Crippen LogP contribution in [0.15, 0.2) is 36.7 Å². The maximum Gasteiger partial charge on any atom is 0.417 e. The first-order valence-corrected chi connectivity index (χ1v) is 7.91. The van der Waals surface area contributed by atoms with E-state index >= 15 is 0 Å². The summed E-state index contributed by atoms with van der Waals surface area (Å²) in [4.78, 5) is 19.4. The molecule has 0 unspecified atom stereocenters. The molecule has 0 fully saturated rings. The first-order valence-electron chi connectivity index (χ1n) is 7.54. The molecule has 0 radical (unpaired) electrons. The van der Waals surface area contributed by atoms with Gasteiger partial charge in [0.05, 0.1) is 21.7 Å². The second kappa shape index (κ2) is 6.92. The van der Waals surface area contributed by atoms with Gasteiger partial charge in [0, 0.05) is 17.6 Å². The molecular weight excluding hydrogens is 385 g/mol. The molecule has 0 atom stereocenters. The molecule has 10 heteroatoms. The second-order valence-corrected chi connectivity index (χ2v) is 6.06. The van der Waals surface area contributed by atoms with Crippen molar-refractivity contribution in [1.29, 1.82) is 0 Å². The van der Waals surface area contributed by atoms with Crippen molar-refractivity contribution in [2.45, 2.75) is 12.7 Å². The van der Waals surface area contributed by atoms with Crippen LogP contribution in [0.1, 0.15) is 21.5 Å². The van der Waals surface area contributed by atoms with Crippen molar-refractivity contribution in [3.05, 3.63) is 58.4 Å². The third-order valence-corrected chi connectivity index (χ3v) is 4.12. The number of carboxylic acid groups (broad SMARTS) is 1. The van der Waals surface area contributed by atoms with E-state index in [0.29, 0.717) is 10.9 Å². The largest absolute Gasteiger partial charge is 0.478 e. The Balaban J connectivity index is 1.96. The van der Waals surface area contributed by atoms with Crippen LogP contribution in [-0.2, 0) is 12.7 Å². The molecule has 6 nitrogen and oxygen atoms in total. The number of nitrogens with two attached hydrogens (primary N) is 1. The van der Waals surface area contributed by atoms with Crippen LogP contribution >= 0.6 is 11.6 Å². The van der Waals surface area contributed by atoms with Gasteiger partial charge in [0.15, 0.2) is 0 Å². The average Bonchev–Trinajstić information content (AvgIpc) is 2.59. The Labute approximate surface area is 155 Å². The molecule has 2 aromatic carbocycles. The van der Waals surface area contributed by atoms with Crippen molar-refractivity contribution in [3.8, 4) is 0 Å². The van der Waals surface area contributed by atoms with Crippen LogP contribution in [0.2, 0.25) is 5.02 Å². The number of hydrogen-bond acceptors (Lipinski definition) is 5. The van der Waals surface area contributed by atoms with Gasteiger partial charge in [-0.05, 0) is 29.8 Å². The summed E-state index contributed by atoms with van der Waals surface area (Å²) in [7, 11) is 0. The molecule has 3 rings (SSSR count). The zero-order valence-corrected chi connectivity index (χ0v) is 14.3. The van der Waals surface area contributed by atoms with E-state index in [2.05, 4.69) is 15.3 Å². The molecule has 4 N–H and O–H groups in total. The van der Waals surface area contributed by atoms with Crippen molar-refractivity contribution >= 4 is 40.0 Å². The van der Waals surface area contributed by atoms with Crippen LogP contribution in [0.25, 0.3) is 10.9 Å². The Hall–Kier alpha value is -3.07. The monoisotopic (exact) mass is 396 g/mol. The Morgan fingerprint density at radius 2 is 1.96 bits per heavy atom. The zero-order chi connectivity index (χ0) is 19.8. The second-order valence-electron chi connectivity index (χ2n) is 5.66. The molecule has 27 heavy (non-hydrogen) atoms. The number of anilines is 2. The molecule has 0 saturated heterocycles. The van der Waals surface area contributed by atoms with E-state index in [1.165, 1.54) is 24.3 Å². The number of carbonyl (C=O) groups is 1. The Kier molecular flexibility index (Phi) is 4.79. The standard InChI is InChI=1S/C17H12ClF3N4O2/c18-13-2-1-8(3-12(13)17(19,20)21)6-23-15-10-4-9(22)5-11(16(26)27)14(10)24-7-25-15/h1-5,7H,6,22H2,(H,26,27)(H,23,24,25). The summed E-state index contributed by atoms with van der Waals surface area (Å²) in [5.41, 5.74) is 5.39. The lowest BCUT2D eigenvalue weighted by Crippen LogP contribution is -2.09. The molecule has 0 bridgehead atoms. The van der Waals surface area contributed by atoms with Gasteiger partial charge in [-0.25, -0.2) is 14.8 Å². The lowest BCUT2D eigenvalue weighted by molar-refractivity contribution is -0.137. The molecular formula is C17H12ClF3N4O2. The fourth-order valence-corrected chi connectivity index (χ4v) is 2.80. The molecule has 140 valence electrons. The number of aromatic nitrogens is 2. The van der Waals surface area contributed by atoms with E-state index < -0.39 is 22.7 Å². The highest BCUT2D eigenvalue weighted by Gasteiger charge is 2.33. The van der Waals surface area contributed by atoms with Crippen LogP contribution in [0, 0.1) is 0 Å². The van der Waals surface area contributed by atoms with E-state index in [9.17, 15) is 23.1 Å². The molecule has 0 spiro atoms. The molecule has 1 aromatic heterocycles. The average molecular weight is 397 g/mol. The van der Waals surface area contributed by atoms with Gasteiger partial charge in [-0.3, -0.25) is 0 Å². The molecule has 0 amide bonds. The van der Waals surface area contributed by atoms with Crippen LogP contribution < -0.4 is 11.1 Å². The summed E-state index contributed by atoms with van der Waals surface area (Å²) < 4.78 is 38.9. The number of benzene rings is 2. The fraction of sp³-hybridized carbons (Fsp3) is 0.118. The fourth-order valence-electron chi connectivity index (χ4n) is 2.58. The molecule has 0 aliphatic rings. The van der Waals surface area contributed by atoms with Gasteiger partial charge in [0.2, 0.25) is 0 Å². The number of nitrogens with one attached hydrogen (secondary N) is 1. The van der Waals surface area contributed by atoms with E-state index in [-0.39, 0.29) is 29.1 Å². The maximum absolute atomic E-state index is 13.0. The van der Waals surface area contributed by atoms with Crippen LogP contribution in [0.4, 0.5) is 24.7 Å². The predicted octanol–water partition coefficient (Wildman–Crippen LogP) is 4.19. The first kappa shape index (κ1) is 18.7. The van der Waals surface area contributed by atoms with E-state index in [0.717, 1.165) is 12.4 Å². The minimum atomic E-state index is -4.57. The van der Waals surface area contributed by atoms with Crippen molar-refractivity contribution in [2.24, 2.45) is 0 Å². The molecule has 0 aliphatic carbocycles. The maximum atomic E-state index is 13.0. The van der Waals surface area contributed by atoms with Crippen molar-refractivity contribution in [2.75, 3.05) is 11.1 Å². The van der Waals surface area contributed by atoms with Crippen molar-refractivity contribution in [3.63, 3.8) is 0 Å². The number of fused-ring (bicyclic) bond motifs is 1. The molecule has 3 aromatic rings. The Bertz CT molecular complexity index is 1040. The highest BCUT2D eigenvalue weighted by Crippen LogP contribution is 2.35. The van der Waals surface area contributed by atoms with Crippen LogP contribution in [0.3, 0.4) is 0 Å². The van der Waals surface area contributed by atoms with Gasteiger partial charge in [0.1, 0.15) is 12.1 Å². The summed E-state index contributed by atoms with van der Waals surface area (Å²) in [5, 5.41) is 12.1. The number of hydrogen-bond donors (Lipinski definition) is 3. The summed E-state index contributed by atoms with van der Waals surface area (Å²) in [5.74, 6) is -0.956. The van der Waals surface area contributed by atoms with E-state index in [4.69, 9.17) is 17.3 Å². The van der Waals surface area contributed by atoms with E-state index in [1.54, 1.807) is 0 Å². The lowest BCUT2D eigenvalue weighted by atomic mass is 10.1. The number of nitrogen functional groups attached to an aromatic ring is 1. The number of halogens is 4. The number of rotatable bonds is 4. The molecule has 0 aliphatic heterocycles. The number of nitrogens with zero attached hydrogens (tertiary/aromatic N) is 2. The Morgan fingerprint density at radius 1 is 1.22 bits per heavy atom. The van der Waals surface area contributed by atoms with Gasteiger partial charge in [-0.2, -0.15) is 13.2 Å². The summed E-state index contributed by atoms with van der Waals surface area (Å²) in [6, 6.07) is 6.32. The molecule has 1 heterocycles. The van der Waals surface area contributed by atoms with Gasteiger partial charge in [-0.15, -0.1) is 0 Å². The highest BCUT2D eigenvalue weighted by molar-refractivity contribution is 6.31. The normalized spacial score (nSPS) is 11.6. The smallest absolute Gasteiger partial charge is 0.417 e. The van der Waals surface area contributed by atoms with Crippen LogP contribution in [0.5, 0.6) is 0 Å². The zero-order valence-electron chi connectivity index (χ0n) is 13.5. The van der Waals surface area contributed by atoms with E-state index in [1.807, 2.05) is 0 Å². The predicted molar refractivity (Wildman–Crippen MR) is 94.7 cm³/mol. The third-order valence-electron chi connectivity index (χ3n) is 3.79. The van der Waals surface area contributed by atoms with Gasteiger partial charge in [0.25, 0.3) is 0 Å². The number of carboxylic acids is 1. The number of aromatic carboxylic acids is 1. The van der Waals surface area contributed by atoms with Gasteiger partial charge >= 0.3 is 12.1 Å². The van der Waals surface area contributed by atoms with Gasteiger partial charge in [-0.1, -0.05) is 17.7 Å².